The van der Waals surface area contributed by atoms with Crippen LogP contribution in [0.3, 0.4) is 0 Å². The average molecular weight is 513 g/mol. The van der Waals surface area contributed by atoms with Crippen molar-refractivity contribution >= 4 is 36.0 Å². The molecule has 1 aromatic carbocycles. The number of oxazole rings is 1. The molecule has 3 rings (SSSR count). The Balaban J connectivity index is 0.00000300. The van der Waals surface area contributed by atoms with Crippen LogP contribution in [0.1, 0.15) is 19.5 Å². The third-order valence-corrected chi connectivity index (χ3v) is 4.40. The van der Waals surface area contributed by atoms with Gasteiger partial charge in [0.25, 0.3) is 0 Å². The second-order valence-electron chi connectivity index (χ2n) is 6.35. The van der Waals surface area contributed by atoms with Crippen molar-refractivity contribution in [2.24, 2.45) is 4.99 Å². The van der Waals surface area contributed by atoms with Crippen LogP contribution in [0.15, 0.2) is 46.0 Å². The van der Waals surface area contributed by atoms with Crippen LogP contribution in [-0.4, -0.2) is 66.2 Å². The first kappa shape index (κ1) is 23.0. The van der Waals surface area contributed by atoms with Crippen molar-refractivity contribution in [3.63, 3.8) is 0 Å². The van der Waals surface area contributed by atoms with E-state index < -0.39 is 0 Å². The van der Waals surface area contributed by atoms with Gasteiger partial charge < -0.3 is 24.3 Å². The third-order valence-electron chi connectivity index (χ3n) is 4.40. The minimum absolute atomic E-state index is 0. The van der Waals surface area contributed by atoms with Crippen LogP contribution < -0.4 is 5.32 Å². The number of hydrogen-bond donors (Lipinski definition) is 1. The van der Waals surface area contributed by atoms with Gasteiger partial charge in [-0.1, -0.05) is 18.2 Å². The standard InChI is InChI=1S/C20H27N5O3.HI/c1-3-21-19(24-10-12-25(13-11-24)20(26)27-4-2)22-14-17-15-28-18(23-17)16-8-6-5-7-9-16;/h5-9,15H,3-4,10-14H2,1-2H3,(H,21,22);1H. The molecule has 0 bridgehead atoms. The van der Waals surface area contributed by atoms with E-state index >= 15 is 0 Å². The fourth-order valence-corrected chi connectivity index (χ4v) is 2.99. The normalized spacial score (nSPS) is 14.3. The van der Waals surface area contributed by atoms with E-state index in [1.807, 2.05) is 44.2 Å². The van der Waals surface area contributed by atoms with Gasteiger partial charge in [0.05, 0.1) is 13.2 Å². The summed E-state index contributed by atoms with van der Waals surface area (Å²) >= 11 is 0. The average Bonchev–Trinajstić information content (AvgIpc) is 3.21. The Hall–Kier alpha value is -2.30. The first-order chi connectivity index (χ1) is 13.7. The van der Waals surface area contributed by atoms with Crippen LogP contribution in [0.5, 0.6) is 0 Å². The minimum atomic E-state index is -0.250. The number of piperazine rings is 1. The number of hydrogen-bond acceptors (Lipinski definition) is 5. The zero-order valence-corrected chi connectivity index (χ0v) is 19.2. The number of halogens is 1. The molecule has 0 aliphatic carbocycles. The van der Waals surface area contributed by atoms with Gasteiger partial charge in [-0.25, -0.2) is 14.8 Å². The lowest BCUT2D eigenvalue weighted by atomic mass is 10.2. The van der Waals surface area contributed by atoms with Crippen LogP contribution in [0.4, 0.5) is 4.79 Å². The van der Waals surface area contributed by atoms with Crippen LogP contribution in [0.25, 0.3) is 11.5 Å². The lowest BCUT2D eigenvalue weighted by Crippen LogP contribution is -2.53. The maximum Gasteiger partial charge on any atom is 0.409 e. The molecular weight excluding hydrogens is 485 g/mol. The number of aliphatic imine (C=N–C) groups is 1. The van der Waals surface area contributed by atoms with Gasteiger partial charge in [0.1, 0.15) is 12.0 Å². The summed E-state index contributed by atoms with van der Waals surface area (Å²) in [5.74, 6) is 1.41. The van der Waals surface area contributed by atoms with Crippen LogP contribution in [0, 0.1) is 0 Å². The molecule has 0 radical (unpaired) electrons. The van der Waals surface area contributed by atoms with Gasteiger partial charge >= 0.3 is 6.09 Å². The Labute approximate surface area is 188 Å². The first-order valence-corrected chi connectivity index (χ1v) is 9.66. The second kappa shape index (κ2) is 11.6. The van der Waals surface area contributed by atoms with Crippen molar-refractivity contribution in [3.05, 3.63) is 42.3 Å². The summed E-state index contributed by atoms with van der Waals surface area (Å²) in [6.45, 7) is 8.09. The molecular formula is C20H28IN5O3. The van der Waals surface area contributed by atoms with Crippen LogP contribution >= 0.6 is 24.0 Å². The van der Waals surface area contributed by atoms with Gasteiger partial charge in [-0.3, -0.25) is 0 Å². The van der Waals surface area contributed by atoms with Gasteiger partial charge in [-0.2, -0.15) is 0 Å². The summed E-state index contributed by atoms with van der Waals surface area (Å²) in [5, 5.41) is 3.31. The van der Waals surface area contributed by atoms with Gasteiger partial charge in [0.2, 0.25) is 5.89 Å². The first-order valence-electron chi connectivity index (χ1n) is 9.66. The zero-order chi connectivity index (χ0) is 19.8. The quantitative estimate of drug-likeness (QED) is 0.376. The summed E-state index contributed by atoms with van der Waals surface area (Å²) in [4.78, 5) is 24.9. The fraction of sp³-hybridized carbons (Fsp3) is 0.450. The Morgan fingerprint density at radius 2 is 1.86 bits per heavy atom. The molecule has 1 aliphatic rings. The van der Waals surface area contributed by atoms with Gasteiger partial charge in [-0.15, -0.1) is 24.0 Å². The Kier molecular flexibility index (Phi) is 9.23. The maximum atomic E-state index is 11.9. The Morgan fingerprint density at radius 3 is 2.52 bits per heavy atom. The van der Waals surface area contributed by atoms with Gasteiger partial charge in [0, 0.05) is 38.3 Å². The number of aromatic nitrogens is 1. The fourth-order valence-electron chi connectivity index (χ4n) is 2.99. The number of guanidine groups is 1. The van der Waals surface area contributed by atoms with E-state index in [9.17, 15) is 4.79 Å². The molecule has 1 N–H and O–H groups in total. The van der Waals surface area contributed by atoms with E-state index in [2.05, 4.69) is 15.2 Å². The number of amides is 1. The number of benzene rings is 1. The summed E-state index contributed by atoms with van der Waals surface area (Å²) in [6.07, 6.45) is 1.40. The zero-order valence-electron chi connectivity index (χ0n) is 16.8. The minimum Gasteiger partial charge on any atom is -0.450 e. The molecule has 1 amide bonds. The summed E-state index contributed by atoms with van der Waals surface area (Å²) < 4.78 is 10.7. The van der Waals surface area contributed by atoms with Crippen molar-refractivity contribution < 1.29 is 13.9 Å². The Bertz CT molecular complexity index is 788. The van der Waals surface area contributed by atoms with Gasteiger partial charge in [-0.05, 0) is 26.0 Å². The lowest BCUT2D eigenvalue weighted by molar-refractivity contribution is 0.0914. The molecule has 9 heteroatoms. The van der Waals surface area contributed by atoms with Crippen molar-refractivity contribution in [2.75, 3.05) is 39.3 Å². The molecule has 2 heterocycles. The molecule has 1 aliphatic heterocycles. The van der Waals surface area contributed by atoms with E-state index in [1.165, 1.54) is 0 Å². The summed E-state index contributed by atoms with van der Waals surface area (Å²) in [6, 6.07) is 9.80. The van der Waals surface area contributed by atoms with E-state index in [4.69, 9.17) is 14.1 Å². The topological polar surface area (TPSA) is 83.2 Å². The maximum absolute atomic E-state index is 11.9. The molecule has 0 saturated carbocycles. The van der Waals surface area contributed by atoms with E-state index in [-0.39, 0.29) is 30.1 Å². The number of nitrogens with one attached hydrogen (secondary N) is 1. The molecule has 29 heavy (non-hydrogen) atoms. The molecule has 0 unspecified atom stereocenters. The number of rotatable bonds is 5. The second-order valence-corrected chi connectivity index (χ2v) is 6.35. The predicted molar refractivity (Wildman–Crippen MR) is 122 cm³/mol. The number of carbonyl (C=O) groups is 1. The van der Waals surface area contributed by atoms with Crippen molar-refractivity contribution in [1.82, 2.24) is 20.1 Å². The largest absolute Gasteiger partial charge is 0.450 e. The number of ether oxygens (including phenoxy) is 1. The summed E-state index contributed by atoms with van der Waals surface area (Å²) in [7, 11) is 0. The predicted octanol–water partition coefficient (Wildman–Crippen LogP) is 3.20. The molecule has 1 saturated heterocycles. The third kappa shape index (κ3) is 6.34. The monoisotopic (exact) mass is 513 g/mol. The SMILES string of the molecule is CCNC(=NCc1coc(-c2ccccc2)n1)N1CCN(C(=O)OCC)CC1.I. The Morgan fingerprint density at radius 1 is 1.17 bits per heavy atom. The molecule has 1 aromatic heterocycles. The van der Waals surface area contributed by atoms with Crippen molar-refractivity contribution in [1.29, 1.82) is 0 Å². The van der Waals surface area contributed by atoms with Crippen molar-refractivity contribution in [2.45, 2.75) is 20.4 Å². The molecule has 158 valence electrons. The molecule has 0 spiro atoms. The highest BCUT2D eigenvalue weighted by Crippen LogP contribution is 2.18. The highest BCUT2D eigenvalue weighted by Gasteiger charge is 2.23. The highest BCUT2D eigenvalue weighted by atomic mass is 127. The number of nitrogens with zero attached hydrogens (tertiary/aromatic N) is 4. The van der Waals surface area contributed by atoms with Gasteiger partial charge in [0.15, 0.2) is 5.96 Å². The highest BCUT2D eigenvalue weighted by molar-refractivity contribution is 14.0. The van der Waals surface area contributed by atoms with Crippen LogP contribution in [0.2, 0.25) is 0 Å². The molecule has 0 atom stereocenters. The molecule has 1 fully saturated rings. The summed E-state index contributed by atoms with van der Waals surface area (Å²) in [5.41, 5.74) is 1.72. The van der Waals surface area contributed by atoms with E-state index in [0.29, 0.717) is 45.2 Å². The molecule has 2 aromatic rings. The number of carbonyl (C=O) groups excluding carboxylic acids is 1. The smallest absolute Gasteiger partial charge is 0.409 e. The van der Waals surface area contributed by atoms with E-state index in [0.717, 1.165) is 23.8 Å². The van der Waals surface area contributed by atoms with E-state index in [1.54, 1.807) is 11.2 Å². The van der Waals surface area contributed by atoms with Crippen LogP contribution in [-0.2, 0) is 11.3 Å². The van der Waals surface area contributed by atoms with Crippen molar-refractivity contribution in [3.8, 4) is 11.5 Å². The lowest BCUT2D eigenvalue weighted by Gasteiger charge is -2.35. The molecule has 8 nitrogen and oxygen atoms in total.